The SMILES string of the molecule is CCCCCCCCCC(=O)CC(=O)N[C@]1(O)CCCC[C@@H]1O. The van der Waals surface area contributed by atoms with Crippen molar-refractivity contribution >= 4 is 11.7 Å². The molecule has 3 N–H and O–H groups in total. The fourth-order valence-electron chi connectivity index (χ4n) is 3.12. The Hall–Kier alpha value is -0.940. The Morgan fingerprint density at radius 1 is 1.09 bits per heavy atom. The van der Waals surface area contributed by atoms with Gasteiger partial charge in [0.25, 0.3) is 0 Å². The molecule has 1 aliphatic carbocycles. The Kier molecular flexibility index (Phi) is 9.41. The fraction of sp³-hybridized carbons (Fsp3) is 0.889. The van der Waals surface area contributed by atoms with Gasteiger partial charge in [0.05, 0.1) is 6.42 Å². The van der Waals surface area contributed by atoms with E-state index in [9.17, 15) is 19.8 Å². The number of carbonyl (C=O) groups excluding carboxylic acids is 2. The van der Waals surface area contributed by atoms with Crippen molar-refractivity contribution in [1.29, 1.82) is 0 Å². The van der Waals surface area contributed by atoms with Crippen LogP contribution in [0, 0.1) is 0 Å². The molecule has 2 atom stereocenters. The fourth-order valence-corrected chi connectivity index (χ4v) is 3.12. The summed E-state index contributed by atoms with van der Waals surface area (Å²) in [4.78, 5) is 23.7. The summed E-state index contributed by atoms with van der Waals surface area (Å²) in [6.07, 6.45) is 9.66. The predicted molar refractivity (Wildman–Crippen MR) is 89.8 cm³/mol. The summed E-state index contributed by atoms with van der Waals surface area (Å²) in [5, 5.41) is 22.5. The molecule has 1 rings (SSSR count). The monoisotopic (exact) mass is 327 g/mol. The third-order valence-corrected chi connectivity index (χ3v) is 4.61. The molecular weight excluding hydrogens is 294 g/mol. The van der Waals surface area contributed by atoms with Gasteiger partial charge in [-0.25, -0.2) is 0 Å². The minimum atomic E-state index is -1.56. The predicted octanol–water partition coefficient (Wildman–Crippen LogP) is 2.83. The van der Waals surface area contributed by atoms with Gasteiger partial charge in [0.15, 0.2) is 5.72 Å². The number of rotatable bonds is 11. The number of aliphatic hydroxyl groups excluding tert-OH is 1. The second kappa shape index (κ2) is 10.8. The first-order valence-corrected chi connectivity index (χ1v) is 9.21. The van der Waals surface area contributed by atoms with Crippen molar-refractivity contribution in [2.75, 3.05) is 0 Å². The molecule has 1 amide bonds. The number of unbranched alkanes of at least 4 members (excludes halogenated alkanes) is 6. The molecule has 1 saturated carbocycles. The zero-order valence-electron chi connectivity index (χ0n) is 14.5. The van der Waals surface area contributed by atoms with Crippen molar-refractivity contribution in [1.82, 2.24) is 5.32 Å². The van der Waals surface area contributed by atoms with E-state index in [0.717, 1.165) is 32.1 Å². The number of hydrogen-bond donors (Lipinski definition) is 3. The molecule has 1 fully saturated rings. The minimum Gasteiger partial charge on any atom is -0.388 e. The molecule has 0 heterocycles. The summed E-state index contributed by atoms with van der Waals surface area (Å²) < 4.78 is 0. The first-order valence-electron chi connectivity index (χ1n) is 9.21. The van der Waals surface area contributed by atoms with E-state index < -0.39 is 17.7 Å². The van der Waals surface area contributed by atoms with Crippen LogP contribution in [0.5, 0.6) is 0 Å². The number of nitrogens with one attached hydrogen (secondary N) is 1. The number of carbonyl (C=O) groups is 2. The van der Waals surface area contributed by atoms with E-state index in [4.69, 9.17) is 0 Å². The van der Waals surface area contributed by atoms with Crippen LogP contribution in [0.25, 0.3) is 0 Å². The van der Waals surface area contributed by atoms with Crippen LogP contribution in [0.15, 0.2) is 0 Å². The van der Waals surface area contributed by atoms with Crippen LogP contribution in [-0.2, 0) is 9.59 Å². The van der Waals surface area contributed by atoms with Crippen LogP contribution < -0.4 is 5.32 Å². The lowest BCUT2D eigenvalue weighted by molar-refractivity contribution is -0.149. The highest BCUT2D eigenvalue weighted by Crippen LogP contribution is 2.26. The van der Waals surface area contributed by atoms with E-state index in [1.54, 1.807) is 0 Å². The van der Waals surface area contributed by atoms with Crippen molar-refractivity contribution in [2.45, 2.75) is 102 Å². The first-order chi connectivity index (χ1) is 11.0. The normalized spacial score (nSPS) is 24.4. The third kappa shape index (κ3) is 7.93. The van der Waals surface area contributed by atoms with Gasteiger partial charge >= 0.3 is 0 Å². The van der Waals surface area contributed by atoms with E-state index in [1.165, 1.54) is 25.7 Å². The van der Waals surface area contributed by atoms with Gasteiger partial charge in [0, 0.05) is 6.42 Å². The maximum absolute atomic E-state index is 11.9. The number of Topliss-reactive ketones (excluding diaryl/α,β-unsaturated/α-hetero) is 1. The molecule has 0 saturated heterocycles. The standard InChI is InChI=1S/C18H33NO4/c1-2-3-4-5-6-7-8-11-15(20)14-17(22)19-18(23)13-10-9-12-16(18)21/h16,21,23H,2-14H2,1H3,(H,19,22)/t16-,18-/m0/s1. The minimum absolute atomic E-state index is 0.0926. The molecule has 0 aromatic heterocycles. The van der Waals surface area contributed by atoms with E-state index in [2.05, 4.69) is 12.2 Å². The molecule has 0 aliphatic heterocycles. The van der Waals surface area contributed by atoms with Crippen molar-refractivity contribution in [3.05, 3.63) is 0 Å². The first kappa shape index (κ1) is 20.1. The summed E-state index contributed by atoms with van der Waals surface area (Å²) in [6.45, 7) is 2.19. The van der Waals surface area contributed by atoms with Crippen LogP contribution in [0.1, 0.15) is 90.4 Å². The molecule has 0 aromatic carbocycles. The quantitative estimate of drug-likeness (QED) is 0.309. The number of hydrogen-bond acceptors (Lipinski definition) is 4. The van der Waals surface area contributed by atoms with Gasteiger partial charge in [0.2, 0.25) is 5.91 Å². The maximum atomic E-state index is 11.9. The van der Waals surface area contributed by atoms with Crippen molar-refractivity contribution in [3.8, 4) is 0 Å². The number of amides is 1. The molecule has 0 bridgehead atoms. The molecule has 5 nitrogen and oxygen atoms in total. The smallest absolute Gasteiger partial charge is 0.229 e. The van der Waals surface area contributed by atoms with Crippen LogP contribution in [0.3, 0.4) is 0 Å². The highest BCUT2D eigenvalue weighted by atomic mass is 16.4. The molecule has 0 spiro atoms. The lowest BCUT2D eigenvalue weighted by atomic mass is 9.88. The summed E-state index contributed by atoms with van der Waals surface area (Å²) in [6, 6.07) is 0. The third-order valence-electron chi connectivity index (χ3n) is 4.61. The van der Waals surface area contributed by atoms with Crippen LogP contribution in [0.4, 0.5) is 0 Å². The average molecular weight is 327 g/mol. The van der Waals surface area contributed by atoms with E-state index in [-0.39, 0.29) is 12.2 Å². The van der Waals surface area contributed by atoms with Crippen LogP contribution >= 0.6 is 0 Å². The molecule has 5 heteroatoms. The van der Waals surface area contributed by atoms with Gasteiger partial charge in [-0.05, 0) is 25.7 Å². The molecule has 1 aliphatic rings. The molecule has 0 unspecified atom stereocenters. The largest absolute Gasteiger partial charge is 0.388 e. The summed E-state index contributed by atoms with van der Waals surface area (Å²) in [5.41, 5.74) is -1.56. The Morgan fingerprint density at radius 3 is 2.39 bits per heavy atom. The Labute approximate surface area is 139 Å². The van der Waals surface area contributed by atoms with Crippen LogP contribution in [-0.4, -0.2) is 33.7 Å². The van der Waals surface area contributed by atoms with Gasteiger partial charge < -0.3 is 15.5 Å². The lowest BCUT2D eigenvalue weighted by Crippen LogP contribution is -2.58. The zero-order valence-corrected chi connectivity index (χ0v) is 14.5. The Balaban J connectivity index is 2.15. The van der Waals surface area contributed by atoms with Gasteiger partial charge in [-0.3, -0.25) is 9.59 Å². The highest BCUT2D eigenvalue weighted by Gasteiger charge is 2.39. The van der Waals surface area contributed by atoms with Crippen LogP contribution in [0.2, 0.25) is 0 Å². The molecule has 23 heavy (non-hydrogen) atoms. The van der Waals surface area contributed by atoms with E-state index in [1.807, 2.05) is 0 Å². The summed E-state index contributed by atoms with van der Waals surface area (Å²) in [7, 11) is 0. The summed E-state index contributed by atoms with van der Waals surface area (Å²) in [5.74, 6) is -0.577. The Bertz CT molecular complexity index is 372. The summed E-state index contributed by atoms with van der Waals surface area (Å²) >= 11 is 0. The van der Waals surface area contributed by atoms with Gasteiger partial charge in [-0.2, -0.15) is 0 Å². The second-order valence-corrected chi connectivity index (χ2v) is 6.82. The van der Waals surface area contributed by atoms with E-state index in [0.29, 0.717) is 19.3 Å². The topological polar surface area (TPSA) is 86.6 Å². The molecular formula is C18H33NO4. The highest BCUT2D eigenvalue weighted by molar-refractivity contribution is 5.98. The Morgan fingerprint density at radius 2 is 1.74 bits per heavy atom. The lowest BCUT2D eigenvalue weighted by Gasteiger charge is -2.37. The van der Waals surface area contributed by atoms with Crippen molar-refractivity contribution in [2.24, 2.45) is 0 Å². The van der Waals surface area contributed by atoms with Gasteiger partial charge in [-0.15, -0.1) is 0 Å². The zero-order chi connectivity index (χ0) is 17.1. The van der Waals surface area contributed by atoms with E-state index >= 15 is 0 Å². The average Bonchev–Trinajstić information content (AvgIpc) is 2.49. The number of ketones is 1. The van der Waals surface area contributed by atoms with Gasteiger partial charge in [0.1, 0.15) is 11.9 Å². The molecule has 0 aromatic rings. The maximum Gasteiger partial charge on any atom is 0.229 e. The van der Waals surface area contributed by atoms with Gasteiger partial charge in [-0.1, -0.05) is 51.9 Å². The van der Waals surface area contributed by atoms with Crippen molar-refractivity contribution < 1.29 is 19.8 Å². The number of aliphatic hydroxyl groups is 2. The molecule has 134 valence electrons. The molecule has 0 radical (unpaired) electrons. The van der Waals surface area contributed by atoms with Crippen molar-refractivity contribution in [3.63, 3.8) is 0 Å². The second-order valence-electron chi connectivity index (χ2n) is 6.82.